The lowest BCUT2D eigenvalue weighted by Gasteiger charge is -2.40. The largest absolute Gasteiger partial charge is 0.504 e. The normalized spacial score (nSPS) is 28.4. The van der Waals surface area contributed by atoms with Gasteiger partial charge in [0.2, 0.25) is 0 Å². The van der Waals surface area contributed by atoms with Crippen LogP contribution in [0.2, 0.25) is 0 Å². The van der Waals surface area contributed by atoms with Crippen LogP contribution in [0.25, 0.3) is 6.08 Å². The zero-order chi connectivity index (χ0) is 24.7. The summed E-state index contributed by atoms with van der Waals surface area (Å²) in [4.78, 5) is 11.9. The Morgan fingerprint density at radius 1 is 1.03 bits per heavy atom. The summed E-state index contributed by atoms with van der Waals surface area (Å²) < 4.78 is 15.3. The van der Waals surface area contributed by atoms with Gasteiger partial charge < -0.3 is 60.2 Å². The van der Waals surface area contributed by atoms with Gasteiger partial charge >= 0.3 is 5.97 Å². The van der Waals surface area contributed by atoms with Crippen LogP contribution in [-0.4, -0.2) is 121 Å². The molecule has 1 aromatic carbocycles. The number of esters is 1. The molecule has 1 saturated heterocycles. The van der Waals surface area contributed by atoms with Gasteiger partial charge in [0.1, 0.15) is 49.3 Å². The van der Waals surface area contributed by atoms with Crippen LogP contribution >= 0.6 is 0 Å². The standard InChI is InChI=1S/C20H28O13/c21-6-12(24)16(27)13(25)7-32-20-19(30)18(29)17(28)14(33-20)8-31-15(26)4-2-9-1-3-10(22)11(23)5-9/h1-5,12-14,16-25,27-30H,6-8H2/t12-,13+,14-,16-,17+,18+,19+,20-/m1/s1. The molecule has 0 bridgehead atoms. The number of aromatic hydroxyl groups is 2. The summed E-state index contributed by atoms with van der Waals surface area (Å²) >= 11 is 0. The number of hydrogen-bond acceptors (Lipinski definition) is 13. The Bertz CT molecular complexity index is 800. The second-order valence-electron chi connectivity index (χ2n) is 7.37. The lowest BCUT2D eigenvalue weighted by Crippen LogP contribution is -2.60. The molecule has 0 amide bonds. The Hall–Kier alpha value is -2.33. The Morgan fingerprint density at radius 3 is 2.36 bits per heavy atom. The zero-order valence-corrected chi connectivity index (χ0v) is 17.3. The Balaban J connectivity index is 1.91. The molecule has 0 spiro atoms. The van der Waals surface area contributed by atoms with Gasteiger partial charge in [-0.1, -0.05) is 6.07 Å². The van der Waals surface area contributed by atoms with Crippen molar-refractivity contribution in [2.75, 3.05) is 19.8 Å². The van der Waals surface area contributed by atoms with Gasteiger partial charge in [0.05, 0.1) is 13.2 Å². The predicted octanol–water partition coefficient (Wildman–Crippen LogP) is -3.45. The van der Waals surface area contributed by atoms with E-state index in [2.05, 4.69) is 0 Å². The van der Waals surface area contributed by atoms with E-state index in [1.165, 1.54) is 24.3 Å². The molecule has 1 aromatic rings. The molecule has 0 aromatic heterocycles. The minimum absolute atomic E-state index is 0.331. The molecule has 186 valence electrons. The summed E-state index contributed by atoms with van der Waals surface area (Å²) in [6.45, 7) is -2.04. The molecule has 0 unspecified atom stereocenters. The molecule has 8 atom stereocenters. The van der Waals surface area contributed by atoms with Gasteiger partial charge in [-0.15, -0.1) is 0 Å². The van der Waals surface area contributed by atoms with E-state index >= 15 is 0 Å². The average Bonchev–Trinajstić information content (AvgIpc) is 2.80. The van der Waals surface area contributed by atoms with E-state index in [9.17, 15) is 45.6 Å². The molecular formula is C20H28O13. The van der Waals surface area contributed by atoms with Crippen molar-refractivity contribution in [3.63, 3.8) is 0 Å². The van der Waals surface area contributed by atoms with Crippen molar-refractivity contribution in [1.29, 1.82) is 0 Å². The van der Waals surface area contributed by atoms with Gasteiger partial charge in [0.15, 0.2) is 17.8 Å². The summed E-state index contributed by atoms with van der Waals surface area (Å²) in [5.74, 6) is -1.58. The number of aliphatic hydroxyl groups is 7. The van der Waals surface area contributed by atoms with Crippen molar-refractivity contribution in [2.24, 2.45) is 0 Å². The van der Waals surface area contributed by atoms with Crippen LogP contribution in [0.4, 0.5) is 0 Å². The molecular weight excluding hydrogens is 448 g/mol. The molecule has 13 heteroatoms. The third kappa shape index (κ3) is 7.33. The summed E-state index contributed by atoms with van der Waals surface area (Å²) in [6, 6.07) is 3.86. The molecule has 1 aliphatic heterocycles. The van der Waals surface area contributed by atoms with Gasteiger partial charge in [0, 0.05) is 6.08 Å². The maximum absolute atomic E-state index is 11.9. The topological polar surface area (TPSA) is 227 Å². The fourth-order valence-corrected chi connectivity index (χ4v) is 2.87. The summed E-state index contributed by atoms with van der Waals surface area (Å²) in [6.07, 6.45) is -10.9. The van der Waals surface area contributed by atoms with E-state index in [1.54, 1.807) is 0 Å². The quantitative estimate of drug-likeness (QED) is 0.0910. The molecule has 9 N–H and O–H groups in total. The number of carbonyl (C=O) groups excluding carboxylic acids is 1. The van der Waals surface area contributed by atoms with E-state index in [0.717, 1.165) is 6.08 Å². The highest BCUT2D eigenvalue weighted by atomic mass is 16.7. The van der Waals surface area contributed by atoms with Crippen LogP contribution in [0.15, 0.2) is 24.3 Å². The van der Waals surface area contributed by atoms with Crippen LogP contribution in [0.3, 0.4) is 0 Å². The molecule has 2 rings (SSSR count). The van der Waals surface area contributed by atoms with Crippen LogP contribution in [-0.2, 0) is 19.0 Å². The molecule has 0 aliphatic carbocycles. The van der Waals surface area contributed by atoms with Crippen molar-refractivity contribution < 1.29 is 65.0 Å². The summed E-state index contributed by atoms with van der Waals surface area (Å²) in [7, 11) is 0. The highest BCUT2D eigenvalue weighted by molar-refractivity contribution is 5.87. The Kier molecular flexibility index (Phi) is 9.97. The minimum Gasteiger partial charge on any atom is -0.504 e. The number of ether oxygens (including phenoxy) is 3. The van der Waals surface area contributed by atoms with Crippen molar-refractivity contribution >= 4 is 12.0 Å². The molecule has 1 aliphatic rings. The maximum Gasteiger partial charge on any atom is 0.330 e. The molecule has 33 heavy (non-hydrogen) atoms. The second kappa shape index (κ2) is 12.2. The third-order valence-corrected chi connectivity index (χ3v) is 4.88. The highest BCUT2D eigenvalue weighted by Gasteiger charge is 2.45. The number of hydrogen-bond donors (Lipinski definition) is 9. The monoisotopic (exact) mass is 476 g/mol. The van der Waals surface area contributed by atoms with Gasteiger partial charge in [-0.3, -0.25) is 0 Å². The van der Waals surface area contributed by atoms with Gasteiger partial charge in [-0.2, -0.15) is 0 Å². The molecule has 1 fully saturated rings. The van der Waals surface area contributed by atoms with Crippen LogP contribution in [0.5, 0.6) is 11.5 Å². The number of rotatable bonds is 10. The van der Waals surface area contributed by atoms with Crippen molar-refractivity contribution in [3.05, 3.63) is 29.8 Å². The fourth-order valence-electron chi connectivity index (χ4n) is 2.87. The number of carbonyl (C=O) groups is 1. The lowest BCUT2D eigenvalue weighted by atomic mass is 9.99. The minimum atomic E-state index is -1.76. The van der Waals surface area contributed by atoms with Gasteiger partial charge in [-0.05, 0) is 23.8 Å². The van der Waals surface area contributed by atoms with Crippen molar-refractivity contribution in [1.82, 2.24) is 0 Å². The van der Waals surface area contributed by atoms with Gasteiger partial charge in [-0.25, -0.2) is 4.79 Å². The van der Waals surface area contributed by atoms with E-state index in [-0.39, 0.29) is 11.5 Å². The van der Waals surface area contributed by atoms with Crippen LogP contribution < -0.4 is 0 Å². The molecule has 0 radical (unpaired) electrons. The van der Waals surface area contributed by atoms with E-state index in [4.69, 9.17) is 19.3 Å². The first-order valence-corrected chi connectivity index (χ1v) is 9.88. The average molecular weight is 476 g/mol. The van der Waals surface area contributed by atoms with Crippen LogP contribution in [0.1, 0.15) is 5.56 Å². The number of aliphatic hydroxyl groups excluding tert-OH is 7. The molecule has 1 heterocycles. The summed E-state index contributed by atoms with van der Waals surface area (Å²) in [5, 5.41) is 86.3. The van der Waals surface area contributed by atoms with Crippen molar-refractivity contribution in [2.45, 2.75) is 49.0 Å². The maximum atomic E-state index is 11.9. The lowest BCUT2D eigenvalue weighted by molar-refractivity contribution is -0.307. The predicted molar refractivity (Wildman–Crippen MR) is 108 cm³/mol. The SMILES string of the molecule is O=C(C=Cc1ccc(O)c(O)c1)OC[C@H]1O[C@@H](OC[C@H](O)[C@H](O)[C@H](O)CO)[C@@H](O)[C@@H](O)[C@H]1O. The van der Waals surface area contributed by atoms with E-state index in [0.29, 0.717) is 5.56 Å². The third-order valence-electron chi connectivity index (χ3n) is 4.88. The van der Waals surface area contributed by atoms with Crippen LogP contribution in [0, 0.1) is 0 Å². The Morgan fingerprint density at radius 2 is 1.73 bits per heavy atom. The zero-order valence-electron chi connectivity index (χ0n) is 17.3. The van der Waals surface area contributed by atoms with E-state index < -0.39 is 74.8 Å². The molecule has 0 saturated carbocycles. The van der Waals surface area contributed by atoms with Gasteiger partial charge in [0.25, 0.3) is 0 Å². The highest BCUT2D eigenvalue weighted by Crippen LogP contribution is 2.25. The number of phenols is 2. The first kappa shape index (κ1) is 26.9. The smallest absolute Gasteiger partial charge is 0.330 e. The first-order valence-electron chi connectivity index (χ1n) is 9.88. The van der Waals surface area contributed by atoms with Crippen molar-refractivity contribution in [3.8, 4) is 11.5 Å². The first-order chi connectivity index (χ1) is 15.5. The number of phenolic OH excluding ortho intramolecular Hbond substituents is 2. The molecule has 13 nitrogen and oxygen atoms in total. The fraction of sp³-hybridized carbons (Fsp3) is 0.550. The summed E-state index contributed by atoms with van der Waals surface area (Å²) in [5.41, 5.74) is 0.385. The Labute approximate surface area is 187 Å². The van der Waals surface area contributed by atoms with E-state index in [1.807, 2.05) is 0 Å². The second-order valence-corrected chi connectivity index (χ2v) is 7.37. The number of benzene rings is 1.